The second-order valence-electron chi connectivity index (χ2n) is 31.5. The van der Waals surface area contributed by atoms with Crippen molar-refractivity contribution in [3.63, 3.8) is 0 Å². The van der Waals surface area contributed by atoms with E-state index in [-0.39, 0.29) is 66.4 Å². The Morgan fingerprint density at radius 2 is 1.08 bits per heavy atom. The third kappa shape index (κ3) is 31.0. The number of hydrogen-bond acceptors (Lipinski definition) is 41. The third-order valence-electron chi connectivity index (χ3n) is 18.1. The van der Waals surface area contributed by atoms with Crippen LogP contribution < -0.4 is 52.7 Å². The lowest BCUT2D eigenvalue weighted by Gasteiger charge is -2.27. The number of hydrogen-bond donors (Lipinski definition) is 3. The number of dihydropyridines is 1. The van der Waals surface area contributed by atoms with Crippen molar-refractivity contribution < 1.29 is 142 Å². The van der Waals surface area contributed by atoms with E-state index in [0.717, 1.165) is 41.1 Å². The van der Waals surface area contributed by atoms with Crippen LogP contribution in [-0.2, 0) is 86.2 Å². The van der Waals surface area contributed by atoms with Crippen LogP contribution in [0, 0.1) is 29.6 Å². The number of allylic oxidation sites excluding steroid dienone is 5. The number of nitrogens with zero attached hydrogens (tertiary/aromatic N) is 15. The number of halogens is 5. The zero-order chi connectivity index (χ0) is 99.2. The van der Waals surface area contributed by atoms with Crippen molar-refractivity contribution >= 4 is 89.5 Å². The lowest BCUT2D eigenvalue weighted by molar-refractivity contribution is -0.169. The molecule has 9 heterocycles. The van der Waals surface area contributed by atoms with Crippen LogP contribution in [0.1, 0.15) is 157 Å². The van der Waals surface area contributed by atoms with Crippen molar-refractivity contribution in [2.24, 2.45) is 44.9 Å². The largest absolute Gasteiger partial charge is 0.535 e. The molecular formula is C84H101F5N18O28. The average molecular weight is 1910 g/mol. The molecule has 4 aromatic heterocycles. The summed E-state index contributed by atoms with van der Waals surface area (Å²) >= 11 is 0. The van der Waals surface area contributed by atoms with Crippen LogP contribution in [0.5, 0.6) is 0 Å². The van der Waals surface area contributed by atoms with E-state index in [1.807, 2.05) is 18.2 Å². The average Bonchev–Trinajstić information content (AvgIpc) is 1.59. The predicted octanol–water partition coefficient (Wildman–Crippen LogP) is 11.3. The van der Waals surface area contributed by atoms with E-state index in [1.54, 1.807) is 176 Å². The van der Waals surface area contributed by atoms with Gasteiger partial charge >= 0.3 is 66.1 Å². The molecule has 8 unspecified atom stereocenters. The summed E-state index contributed by atoms with van der Waals surface area (Å²) in [6.45, 7) is 27.9. The normalized spacial score (nSPS) is 19.0. The number of amides is 2. The standard InChI is InChI=1S/C13H17NO4.C11H15N3O4.C11H13N3O4.C11H11N3O4.C10H9F5O3.C10H13N3O2.C9H12N4O3.C9H11NO4/c1-7(2)17-13(16)18-14-6-10-8-3-4-9(5-8)11(10)12(14)15;3*1-7(2)17-11(16)18-14-10(15)8-5-3-4-6-9(8)12-13-14;1-3(2)17-10(16)18-9-7(14)5(12)4(11)6(13)8(9)15;1-7(2)10(14)15-13-9-8(6-12-13)4-3-5-11-9;1-6(2)15-9(14)16-13-8-7(11-12-13)4-3-5-10-8;1-7(2)13-9(12)14-10-6-4-3-5-8(10)11/h3-4,7-11H,5-6H2,1-2H3;7H,3-6H2,1-2H3;3-7,12-13H,1-2H3;3-7H,1-2H3;3,7,9H,1-2H3;3-5,7,12H,6H2,1-2H3;3-8H,1-2H3;3-7H,1-2H3. The highest BCUT2D eigenvalue weighted by molar-refractivity contribution is 6.00. The summed E-state index contributed by atoms with van der Waals surface area (Å²) in [6.07, 6.45) is 1.71. The lowest BCUT2D eigenvalue weighted by atomic mass is 9.86. The molecule has 15 rings (SSSR count). The first-order chi connectivity index (χ1) is 64.0. The molecule has 730 valence electrons. The molecule has 2 aromatic carbocycles. The number of alkyl halides is 1. The molecule has 0 radical (unpaired) electrons. The van der Waals surface area contributed by atoms with Gasteiger partial charge in [-0.25, -0.2) is 65.3 Å². The van der Waals surface area contributed by atoms with Gasteiger partial charge in [-0.1, -0.05) is 78.8 Å². The number of anilines is 2. The lowest BCUT2D eigenvalue weighted by Crippen LogP contribution is -2.50. The molecule has 51 heteroatoms. The van der Waals surface area contributed by atoms with Crippen molar-refractivity contribution in [1.29, 1.82) is 0 Å². The third-order valence-corrected chi connectivity index (χ3v) is 18.1. The topological polar surface area (TPSA) is 526 Å². The number of hydrazine groups is 3. The molecule has 9 aliphatic rings. The number of para-hydroxylation sites is 1. The monoisotopic (exact) mass is 1900 g/mol. The number of ether oxygens (including phenoxy) is 8. The Labute approximate surface area is 765 Å². The second-order valence-corrected chi connectivity index (χ2v) is 31.5. The van der Waals surface area contributed by atoms with E-state index in [1.165, 1.54) is 36.3 Å². The molecule has 46 nitrogen and oxygen atoms in total. The maximum absolute atomic E-state index is 13.2. The number of nitrogens with one attached hydrogen (secondary N) is 3. The molecule has 4 aliphatic carbocycles. The summed E-state index contributed by atoms with van der Waals surface area (Å²) in [4.78, 5) is 192. The number of pyridine rings is 2. The highest BCUT2D eigenvalue weighted by Gasteiger charge is 2.56. The van der Waals surface area contributed by atoms with Crippen molar-refractivity contribution in [3.05, 3.63) is 192 Å². The van der Waals surface area contributed by atoms with Crippen molar-refractivity contribution in [3.8, 4) is 0 Å². The first-order valence-corrected chi connectivity index (χ1v) is 42.0. The first kappa shape index (κ1) is 105. The SMILES string of the molecule is CC(C)C(=O)ON1NCc2cccnc21.CC(C)OC(=O)OC1C(F)=C(F)C(F)=C(F)C1F.CC(C)OC(=O)ON1CC2C3C=CC(C3)C2C1=O.CC(C)OC(=O)ON1N=NC2C=CC=NC21.CC(C)OC(=O)ON1NNc2ccccc2C1=O.CC(C)OC(=O)On1ccccc1=O.CC(C)OC(=O)On1nnc2c(c1=O)CCCC2.CC(C)OC(=O)On1nnc2ccccc2c1=O. The van der Waals surface area contributed by atoms with Gasteiger partial charge in [-0.05, 0) is 215 Å². The molecular weight excluding hydrogens is 1800 g/mol. The van der Waals surface area contributed by atoms with Gasteiger partial charge < -0.3 is 53.0 Å². The summed E-state index contributed by atoms with van der Waals surface area (Å²) in [5, 5.41) is 26.9. The van der Waals surface area contributed by atoms with Crippen LogP contribution in [0.15, 0.2) is 169 Å². The van der Waals surface area contributed by atoms with Crippen molar-refractivity contribution in [2.75, 3.05) is 17.1 Å². The molecule has 2 amide bonds. The van der Waals surface area contributed by atoms with Crippen LogP contribution >= 0.6 is 0 Å². The highest BCUT2D eigenvalue weighted by atomic mass is 19.2. The number of aliphatic imine (C=N–C) groups is 1. The first-order valence-electron chi connectivity index (χ1n) is 42.0. The minimum atomic E-state index is -2.95. The fourth-order valence-corrected chi connectivity index (χ4v) is 12.4. The van der Waals surface area contributed by atoms with Crippen LogP contribution in [0.4, 0.5) is 67.0 Å². The van der Waals surface area contributed by atoms with Gasteiger partial charge in [0.1, 0.15) is 11.6 Å². The number of aromatic nitrogens is 8. The number of fused-ring (bicyclic) bond motifs is 10. The fraction of sp³-hybridized carbons (Fsp3) is 0.464. The molecule has 3 N–H and O–H groups in total. The van der Waals surface area contributed by atoms with Crippen LogP contribution in [-0.4, -0.2) is 196 Å². The summed E-state index contributed by atoms with van der Waals surface area (Å²) < 4.78 is 102. The van der Waals surface area contributed by atoms with E-state index in [4.69, 9.17) is 47.9 Å². The molecule has 0 spiro atoms. The summed E-state index contributed by atoms with van der Waals surface area (Å²) in [5.41, 5.74) is 10.4. The number of carbonyl (C=O) groups excluding carboxylic acids is 10. The number of benzene rings is 2. The highest BCUT2D eigenvalue weighted by Crippen LogP contribution is 2.52. The van der Waals surface area contributed by atoms with E-state index in [0.29, 0.717) is 91.4 Å². The van der Waals surface area contributed by atoms with Crippen LogP contribution in [0.25, 0.3) is 10.9 Å². The Balaban J connectivity index is 0.000000190. The van der Waals surface area contributed by atoms with E-state index in [9.17, 15) is 84.3 Å². The second kappa shape index (κ2) is 50.0. The maximum atomic E-state index is 13.2. The van der Waals surface area contributed by atoms with Gasteiger partial charge in [0.25, 0.3) is 11.5 Å². The fourth-order valence-electron chi connectivity index (χ4n) is 12.4. The summed E-state index contributed by atoms with van der Waals surface area (Å²) in [5.74, 6) is -7.93. The number of carbonyl (C=O) groups is 10. The summed E-state index contributed by atoms with van der Waals surface area (Å²) in [7, 11) is 0. The Morgan fingerprint density at radius 3 is 1.70 bits per heavy atom. The smallest absolute Gasteiger partial charge is 0.432 e. The number of hydroxylamine groups is 4. The molecule has 1 saturated carbocycles. The molecule has 135 heavy (non-hydrogen) atoms. The van der Waals surface area contributed by atoms with Gasteiger partial charge in [0, 0.05) is 42.3 Å². The van der Waals surface area contributed by atoms with Crippen LogP contribution in [0.3, 0.4) is 0 Å². The van der Waals surface area contributed by atoms with Gasteiger partial charge in [0.15, 0.2) is 41.4 Å². The van der Waals surface area contributed by atoms with E-state index in [2.05, 4.69) is 93.4 Å². The number of aryl methyl sites for hydroxylation is 1. The van der Waals surface area contributed by atoms with E-state index >= 15 is 0 Å². The van der Waals surface area contributed by atoms with Crippen LogP contribution in [0.2, 0.25) is 0 Å². The minimum absolute atomic E-state index is 0.00634. The molecule has 5 aliphatic heterocycles. The van der Waals surface area contributed by atoms with E-state index < -0.39 is 114 Å². The van der Waals surface area contributed by atoms with Gasteiger partial charge in [0.05, 0.1) is 83.4 Å². The summed E-state index contributed by atoms with van der Waals surface area (Å²) in [6, 6.07) is 21.5. The Hall–Kier alpha value is -15.1. The Bertz CT molecular complexity index is 5580. The van der Waals surface area contributed by atoms with Gasteiger partial charge in [-0.15, -0.1) is 25.6 Å². The minimum Gasteiger partial charge on any atom is -0.432 e. The van der Waals surface area contributed by atoms with Gasteiger partial charge in [-0.3, -0.25) is 53.2 Å². The van der Waals surface area contributed by atoms with Gasteiger partial charge in [-0.2, -0.15) is 15.6 Å². The zero-order valence-electron chi connectivity index (χ0n) is 75.8. The molecule has 8 atom stereocenters. The molecule has 1 saturated heterocycles. The van der Waals surface area contributed by atoms with Gasteiger partial charge in [0.2, 0.25) is 6.17 Å². The zero-order valence-corrected chi connectivity index (χ0v) is 75.8. The molecule has 2 fully saturated rings. The predicted molar refractivity (Wildman–Crippen MR) is 455 cm³/mol. The van der Waals surface area contributed by atoms with Crippen molar-refractivity contribution in [2.45, 2.75) is 217 Å². The molecule has 6 aromatic rings. The Morgan fingerprint density at radius 1 is 0.533 bits per heavy atom. The maximum Gasteiger partial charge on any atom is 0.535 e. The quantitative estimate of drug-likeness (QED) is 0.0266. The molecule has 2 bridgehead atoms. The van der Waals surface area contributed by atoms with Crippen molar-refractivity contribution in [1.82, 2.24) is 66.4 Å². The Kier molecular flexibility index (Phi) is 39.0. The number of rotatable bonds is 16.